The van der Waals surface area contributed by atoms with Gasteiger partial charge in [0.2, 0.25) is 0 Å². The number of benzene rings is 2. The molecule has 0 N–H and O–H groups in total. The fourth-order valence-corrected chi connectivity index (χ4v) is 15.5. The van der Waals surface area contributed by atoms with Gasteiger partial charge in [0.25, 0.3) is 16.6 Å². The van der Waals surface area contributed by atoms with Crippen LogP contribution in [0.15, 0.2) is 24.3 Å². The van der Waals surface area contributed by atoms with E-state index in [9.17, 15) is 0 Å². The molecule has 0 bridgehead atoms. The van der Waals surface area contributed by atoms with Crippen LogP contribution in [0.1, 0.15) is 154 Å². The first-order chi connectivity index (χ1) is 31.0. The SMILES string of the molecule is COCCO[C@H]1CCC2C3CCc4cc(O[Si](C)(C)C(C)(C)C)c(OC)cc4C3CC[C@@]21C.COCCO[C@H]1CCC2C3CCc4cc(O[Si](C)(C)C(C)(C)C)c(OC)cc4C3CC[C@@]21C. The van der Waals surface area contributed by atoms with Crippen molar-refractivity contribution in [3.8, 4) is 23.0 Å². The first-order valence-corrected chi connectivity index (χ1v) is 31.9. The third-order valence-corrected chi connectivity index (χ3v) is 28.1. The second-order valence-electron chi connectivity index (χ2n) is 24.9. The standard InChI is InChI=1S/2C28H46O4Si/c2*1-27(2,3)33(7,8)32-25-17-19-9-10-21-20(22(19)18-24(25)30-6)13-14-28(4)23(21)11-12-26(28)31-16-15-29-5/h2*17-18,20-21,23,26H,9-16H2,1-8H3/t2*20?,21?,23?,26-,28-/m00/s1. The van der Waals surface area contributed by atoms with Crippen LogP contribution in [-0.2, 0) is 31.8 Å². The van der Waals surface area contributed by atoms with Gasteiger partial charge in [-0.05, 0) is 206 Å². The molecule has 2 aromatic carbocycles. The lowest BCUT2D eigenvalue weighted by Gasteiger charge is -2.50. The highest BCUT2D eigenvalue weighted by atomic mass is 28.4. The van der Waals surface area contributed by atoms with E-state index in [1.54, 1.807) is 28.4 Å². The van der Waals surface area contributed by atoms with Crippen LogP contribution in [0, 0.1) is 34.5 Å². The van der Waals surface area contributed by atoms with Crippen molar-refractivity contribution in [1.29, 1.82) is 0 Å². The zero-order chi connectivity index (χ0) is 48.0. The Morgan fingerprint density at radius 3 is 1.21 bits per heavy atom. The lowest BCUT2D eigenvalue weighted by Crippen LogP contribution is -2.45. The van der Waals surface area contributed by atoms with E-state index in [4.69, 9.17) is 37.3 Å². The number of aryl methyl sites for hydroxylation is 2. The first kappa shape index (κ1) is 51.8. The molecule has 6 aliphatic rings. The summed E-state index contributed by atoms with van der Waals surface area (Å²) in [6.07, 6.45) is 15.6. The van der Waals surface area contributed by atoms with Gasteiger partial charge < -0.3 is 37.3 Å². The molecule has 6 unspecified atom stereocenters. The van der Waals surface area contributed by atoms with E-state index in [-0.39, 0.29) is 10.1 Å². The van der Waals surface area contributed by atoms with Crippen molar-refractivity contribution in [2.75, 3.05) is 54.9 Å². The maximum Gasteiger partial charge on any atom is 0.250 e. The Morgan fingerprint density at radius 2 is 0.879 bits per heavy atom. The maximum absolute atomic E-state index is 6.72. The zero-order valence-electron chi connectivity index (χ0n) is 44.5. The summed E-state index contributed by atoms with van der Waals surface area (Å²) in [5.74, 6) is 8.04. The molecule has 10 atom stereocenters. The highest BCUT2D eigenvalue weighted by Gasteiger charge is 2.57. The van der Waals surface area contributed by atoms with E-state index >= 15 is 0 Å². The van der Waals surface area contributed by atoms with Gasteiger partial charge in [0, 0.05) is 14.2 Å². The van der Waals surface area contributed by atoms with Crippen molar-refractivity contribution in [2.24, 2.45) is 34.5 Å². The summed E-state index contributed by atoms with van der Waals surface area (Å²) in [4.78, 5) is 0. The van der Waals surface area contributed by atoms with Crippen LogP contribution in [0.4, 0.5) is 0 Å². The van der Waals surface area contributed by atoms with Gasteiger partial charge in [-0.15, -0.1) is 0 Å². The molecule has 8 rings (SSSR count). The van der Waals surface area contributed by atoms with Crippen LogP contribution >= 0.6 is 0 Å². The molecule has 0 amide bonds. The number of fused-ring (bicyclic) bond motifs is 10. The molecule has 4 saturated carbocycles. The van der Waals surface area contributed by atoms with Crippen molar-refractivity contribution < 1.29 is 37.3 Å². The predicted molar refractivity (Wildman–Crippen MR) is 274 cm³/mol. The van der Waals surface area contributed by atoms with E-state index in [2.05, 4.69) is 106 Å². The Bertz CT molecular complexity index is 1830. The Balaban J connectivity index is 0.000000196. The molecule has 0 radical (unpaired) electrons. The summed E-state index contributed by atoms with van der Waals surface area (Å²) in [6, 6.07) is 9.31. The van der Waals surface area contributed by atoms with Crippen molar-refractivity contribution in [3.63, 3.8) is 0 Å². The predicted octanol–water partition coefficient (Wildman–Crippen LogP) is 13.9. The average molecular weight is 950 g/mol. The van der Waals surface area contributed by atoms with Crippen molar-refractivity contribution >= 4 is 16.6 Å². The van der Waals surface area contributed by atoms with E-state index in [0.29, 0.717) is 61.3 Å². The van der Waals surface area contributed by atoms with E-state index < -0.39 is 16.6 Å². The molecule has 4 fully saturated rings. The summed E-state index contributed by atoms with van der Waals surface area (Å²) in [6.45, 7) is 30.8. The molecule has 10 heteroatoms. The van der Waals surface area contributed by atoms with Crippen LogP contribution < -0.4 is 18.3 Å². The van der Waals surface area contributed by atoms with Crippen LogP contribution in [-0.4, -0.2) is 83.7 Å². The fraction of sp³-hybridized carbons (Fsp3) is 0.786. The summed E-state index contributed by atoms with van der Waals surface area (Å²) in [7, 11) is 3.24. The van der Waals surface area contributed by atoms with Crippen LogP contribution in [0.2, 0.25) is 36.3 Å². The zero-order valence-corrected chi connectivity index (χ0v) is 46.5. The molecule has 0 spiro atoms. The average Bonchev–Trinajstić information content (AvgIpc) is 3.78. The van der Waals surface area contributed by atoms with Crippen LogP contribution in [0.25, 0.3) is 0 Å². The summed E-state index contributed by atoms with van der Waals surface area (Å²) in [5, 5.41) is 0.328. The van der Waals surface area contributed by atoms with Gasteiger partial charge in [0.1, 0.15) is 11.5 Å². The third-order valence-electron chi connectivity index (χ3n) is 19.4. The smallest absolute Gasteiger partial charge is 0.250 e. The molecular weight excluding hydrogens is 857 g/mol. The summed E-state index contributed by atoms with van der Waals surface area (Å²) < 4.78 is 48.4. The van der Waals surface area contributed by atoms with E-state index in [1.165, 1.54) is 86.5 Å². The molecule has 0 saturated heterocycles. The van der Waals surface area contributed by atoms with Gasteiger partial charge in [-0.2, -0.15) is 0 Å². The van der Waals surface area contributed by atoms with Gasteiger partial charge in [0.15, 0.2) is 11.5 Å². The highest BCUT2D eigenvalue weighted by molar-refractivity contribution is 6.75. The monoisotopic (exact) mass is 949 g/mol. The molecule has 0 heterocycles. The lowest BCUT2D eigenvalue weighted by atomic mass is 9.55. The maximum atomic E-state index is 6.72. The largest absolute Gasteiger partial charge is 0.541 e. The second-order valence-corrected chi connectivity index (χ2v) is 34.4. The number of hydrogen-bond donors (Lipinski definition) is 0. The fourth-order valence-electron chi connectivity index (χ4n) is 13.5. The lowest BCUT2D eigenvalue weighted by molar-refractivity contribution is -0.0739. The molecule has 372 valence electrons. The van der Waals surface area contributed by atoms with Gasteiger partial charge in [-0.1, -0.05) is 55.4 Å². The Kier molecular flexibility index (Phi) is 15.7. The third kappa shape index (κ3) is 9.95. The molecular formula is C56H92O8Si2. The van der Waals surface area contributed by atoms with Gasteiger partial charge in [0.05, 0.1) is 52.9 Å². The Morgan fingerprint density at radius 1 is 0.500 bits per heavy atom. The Hall–Kier alpha value is -2.09. The van der Waals surface area contributed by atoms with Crippen LogP contribution in [0.5, 0.6) is 23.0 Å². The number of ether oxygens (including phenoxy) is 6. The van der Waals surface area contributed by atoms with Gasteiger partial charge in [-0.25, -0.2) is 0 Å². The number of hydrogen-bond acceptors (Lipinski definition) is 8. The minimum Gasteiger partial charge on any atom is -0.541 e. The molecule has 66 heavy (non-hydrogen) atoms. The normalized spacial score (nSPS) is 31.5. The number of rotatable bonds is 14. The van der Waals surface area contributed by atoms with Gasteiger partial charge >= 0.3 is 0 Å². The molecule has 2 aromatic rings. The summed E-state index contributed by atoms with van der Waals surface area (Å²) >= 11 is 0. The minimum absolute atomic E-state index is 0.164. The first-order valence-electron chi connectivity index (χ1n) is 26.0. The van der Waals surface area contributed by atoms with Crippen molar-refractivity contribution in [2.45, 2.75) is 193 Å². The molecule has 8 nitrogen and oxygen atoms in total. The Labute approximate surface area is 403 Å². The van der Waals surface area contributed by atoms with Crippen molar-refractivity contribution in [3.05, 3.63) is 46.5 Å². The number of methoxy groups -OCH3 is 4. The molecule has 0 aliphatic heterocycles. The molecule has 0 aromatic heterocycles. The van der Waals surface area contributed by atoms with Crippen LogP contribution in [0.3, 0.4) is 0 Å². The second kappa shape index (κ2) is 20.0. The minimum atomic E-state index is -1.93. The van der Waals surface area contributed by atoms with Gasteiger partial charge in [-0.3, -0.25) is 0 Å². The van der Waals surface area contributed by atoms with E-state index in [1.807, 2.05) is 0 Å². The quantitative estimate of drug-likeness (QED) is 0.137. The highest BCUT2D eigenvalue weighted by Crippen LogP contribution is 2.64. The van der Waals surface area contributed by atoms with E-state index in [0.717, 1.165) is 59.5 Å². The summed E-state index contributed by atoms with van der Waals surface area (Å²) in [5.41, 5.74) is 6.64. The molecule has 6 aliphatic carbocycles. The van der Waals surface area contributed by atoms with Crippen molar-refractivity contribution in [1.82, 2.24) is 0 Å². The topological polar surface area (TPSA) is 73.8 Å².